The number of nitrogens with one attached hydrogen (secondary N) is 3. The Bertz CT molecular complexity index is 745. The van der Waals surface area contributed by atoms with E-state index in [2.05, 4.69) is 22.9 Å². The lowest BCUT2D eigenvalue weighted by Crippen LogP contribution is -2.34. The van der Waals surface area contributed by atoms with Crippen LogP contribution >= 0.6 is 12.6 Å². The second-order valence-electron chi connectivity index (χ2n) is 5.30. The van der Waals surface area contributed by atoms with E-state index in [1.807, 2.05) is 12.1 Å². The number of benzene rings is 1. The van der Waals surface area contributed by atoms with Crippen molar-refractivity contribution in [3.05, 3.63) is 58.0 Å². The molecule has 9 heteroatoms. The van der Waals surface area contributed by atoms with Crippen molar-refractivity contribution in [3.8, 4) is 0 Å². The van der Waals surface area contributed by atoms with Crippen molar-refractivity contribution in [3.63, 3.8) is 0 Å². The van der Waals surface area contributed by atoms with Crippen LogP contribution in [0.15, 0.2) is 46.2 Å². The molecule has 0 unspecified atom stereocenters. The van der Waals surface area contributed by atoms with E-state index >= 15 is 0 Å². The number of thiol groups is 1. The molecule has 1 aromatic heterocycles. The van der Waals surface area contributed by atoms with Gasteiger partial charge < -0.3 is 32.1 Å². The Labute approximate surface area is 150 Å². The summed E-state index contributed by atoms with van der Waals surface area (Å²) in [5, 5.41) is 11.6. The molecule has 0 saturated carbocycles. The Morgan fingerprint density at radius 2 is 1.88 bits per heavy atom. The highest BCUT2D eigenvalue weighted by atomic mass is 32.1. The molecular formula is C16H24N4O4S. The van der Waals surface area contributed by atoms with Gasteiger partial charge in [-0.2, -0.15) is 0 Å². The SMILES string of the molecule is N.N=C(c1ccc(S)cc1)c1c(NCC2COC2)cc[nH]c1=O.O.O. The molecule has 1 aliphatic rings. The molecule has 0 amide bonds. The third-order valence-electron chi connectivity index (χ3n) is 3.66. The van der Waals surface area contributed by atoms with Gasteiger partial charge in [0.1, 0.15) is 0 Å². The van der Waals surface area contributed by atoms with Gasteiger partial charge in [-0.3, -0.25) is 10.2 Å². The zero-order valence-corrected chi connectivity index (χ0v) is 14.5. The van der Waals surface area contributed by atoms with Crippen LogP contribution in [-0.2, 0) is 4.74 Å². The van der Waals surface area contributed by atoms with Crippen molar-refractivity contribution >= 4 is 24.0 Å². The molecule has 2 aromatic rings. The molecule has 3 rings (SSSR count). The molecule has 1 fully saturated rings. The Balaban J connectivity index is 0.00000192. The fourth-order valence-corrected chi connectivity index (χ4v) is 2.45. The summed E-state index contributed by atoms with van der Waals surface area (Å²) in [5.74, 6) is 0.463. The minimum absolute atomic E-state index is 0. The van der Waals surface area contributed by atoms with Crippen LogP contribution in [0.3, 0.4) is 0 Å². The average molecular weight is 368 g/mol. The van der Waals surface area contributed by atoms with Gasteiger partial charge in [-0.25, -0.2) is 0 Å². The quantitative estimate of drug-likeness (QED) is 0.385. The number of ether oxygens (including phenoxy) is 1. The molecule has 138 valence electrons. The second-order valence-corrected chi connectivity index (χ2v) is 5.82. The van der Waals surface area contributed by atoms with Crippen molar-refractivity contribution in [1.29, 1.82) is 5.41 Å². The third kappa shape index (κ3) is 5.15. The van der Waals surface area contributed by atoms with E-state index in [1.165, 1.54) is 0 Å². The molecular weight excluding hydrogens is 344 g/mol. The van der Waals surface area contributed by atoms with Gasteiger partial charge in [0.05, 0.1) is 30.2 Å². The summed E-state index contributed by atoms with van der Waals surface area (Å²) in [7, 11) is 0. The van der Waals surface area contributed by atoms with E-state index in [0.717, 1.165) is 24.7 Å². The summed E-state index contributed by atoms with van der Waals surface area (Å²) in [6, 6.07) is 8.99. The van der Waals surface area contributed by atoms with Gasteiger partial charge >= 0.3 is 0 Å². The lowest BCUT2D eigenvalue weighted by atomic mass is 10.0. The summed E-state index contributed by atoms with van der Waals surface area (Å²) in [4.78, 5) is 15.6. The minimum atomic E-state index is -0.269. The van der Waals surface area contributed by atoms with Crippen molar-refractivity contribution in [1.82, 2.24) is 11.1 Å². The molecule has 10 N–H and O–H groups in total. The van der Waals surface area contributed by atoms with Gasteiger partial charge in [-0.05, 0) is 18.2 Å². The highest BCUT2D eigenvalue weighted by Gasteiger charge is 2.20. The van der Waals surface area contributed by atoms with Crippen LogP contribution in [0.4, 0.5) is 5.69 Å². The normalized spacial score (nSPS) is 12.7. The van der Waals surface area contributed by atoms with E-state index in [9.17, 15) is 4.79 Å². The third-order valence-corrected chi connectivity index (χ3v) is 3.95. The Morgan fingerprint density at radius 1 is 1.24 bits per heavy atom. The maximum Gasteiger partial charge on any atom is 0.259 e. The van der Waals surface area contributed by atoms with Crippen LogP contribution in [0.25, 0.3) is 0 Å². The monoisotopic (exact) mass is 368 g/mol. The molecule has 25 heavy (non-hydrogen) atoms. The van der Waals surface area contributed by atoms with Gasteiger partial charge in [0.25, 0.3) is 5.56 Å². The lowest BCUT2D eigenvalue weighted by molar-refractivity contribution is -0.0248. The molecule has 8 nitrogen and oxygen atoms in total. The Kier molecular flexibility index (Phi) is 9.10. The average Bonchev–Trinajstić information content (AvgIpc) is 2.46. The zero-order valence-electron chi connectivity index (χ0n) is 13.6. The van der Waals surface area contributed by atoms with E-state index in [0.29, 0.717) is 22.7 Å². The zero-order chi connectivity index (χ0) is 15.5. The number of aromatic amines is 1. The van der Waals surface area contributed by atoms with Crippen LogP contribution in [-0.4, -0.2) is 41.4 Å². The lowest BCUT2D eigenvalue weighted by Gasteiger charge is -2.26. The first-order valence-electron chi connectivity index (χ1n) is 7.07. The molecule has 2 heterocycles. The van der Waals surface area contributed by atoms with Crippen LogP contribution in [0, 0.1) is 11.3 Å². The summed E-state index contributed by atoms with van der Waals surface area (Å²) < 4.78 is 5.15. The molecule has 0 aliphatic carbocycles. The first-order valence-corrected chi connectivity index (χ1v) is 7.51. The summed E-state index contributed by atoms with van der Waals surface area (Å²) in [6.45, 7) is 2.22. The summed E-state index contributed by atoms with van der Waals surface area (Å²) in [6.07, 6.45) is 1.59. The van der Waals surface area contributed by atoms with Crippen molar-refractivity contribution in [2.24, 2.45) is 5.92 Å². The fraction of sp³-hybridized carbons (Fsp3) is 0.250. The van der Waals surface area contributed by atoms with Crippen LogP contribution < -0.4 is 17.0 Å². The minimum Gasteiger partial charge on any atom is -0.412 e. The van der Waals surface area contributed by atoms with Crippen molar-refractivity contribution in [2.45, 2.75) is 4.90 Å². The number of rotatable bonds is 5. The maximum absolute atomic E-state index is 12.2. The predicted molar refractivity (Wildman–Crippen MR) is 102 cm³/mol. The topological polar surface area (TPSA) is 176 Å². The van der Waals surface area contributed by atoms with Gasteiger partial charge in [0.15, 0.2) is 0 Å². The molecule has 0 bridgehead atoms. The van der Waals surface area contributed by atoms with E-state index in [-0.39, 0.29) is 28.4 Å². The number of anilines is 1. The van der Waals surface area contributed by atoms with E-state index < -0.39 is 0 Å². The standard InChI is InChI=1S/C16H17N3O2S.H3N.2H2O/c17-15(11-1-3-12(22)4-2-11)14-13(5-6-18-16(14)20)19-7-10-8-21-9-10;;;/h1-6,10,17,22H,7-9H2,(H2,18,19,20);1H3;2*1H2. The number of hydrogen-bond donors (Lipinski definition) is 5. The number of hydrogen-bond acceptors (Lipinski definition) is 6. The molecule has 0 radical (unpaired) electrons. The number of pyridine rings is 1. The highest BCUT2D eigenvalue weighted by molar-refractivity contribution is 7.80. The molecule has 0 spiro atoms. The van der Waals surface area contributed by atoms with Gasteiger partial charge in [0, 0.05) is 29.1 Å². The van der Waals surface area contributed by atoms with Crippen LogP contribution in [0.5, 0.6) is 0 Å². The van der Waals surface area contributed by atoms with Gasteiger partial charge in [-0.1, -0.05) is 12.1 Å². The van der Waals surface area contributed by atoms with Crippen LogP contribution in [0.2, 0.25) is 0 Å². The predicted octanol–water partition coefficient (Wildman–Crippen LogP) is 0.651. The summed E-state index contributed by atoms with van der Waals surface area (Å²) >= 11 is 4.24. The molecule has 0 atom stereocenters. The Morgan fingerprint density at radius 3 is 2.44 bits per heavy atom. The maximum atomic E-state index is 12.2. The van der Waals surface area contributed by atoms with Crippen LogP contribution in [0.1, 0.15) is 11.1 Å². The highest BCUT2D eigenvalue weighted by Crippen LogP contribution is 2.18. The second kappa shape index (κ2) is 9.97. The van der Waals surface area contributed by atoms with Gasteiger partial charge in [-0.15, -0.1) is 12.6 Å². The Hall–Kier alpha value is -2.17. The molecule has 1 saturated heterocycles. The van der Waals surface area contributed by atoms with E-state index in [4.69, 9.17) is 10.1 Å². The first-order chi connectivity index (χ1) is 10.6. The van der Waals surface area contributed by atoms with Crippen molar-refractivity contribution in [2.75, 3.05) is 25.1 Å². The van der Waals surface area contributed by atoms with Crippen molar-refractivity contribution < 1.29 is 15.7 Å². The smallest absolute Gasteiger partial charge is 0.259 e. The number of aromatic nitrogens is 1. The van der Waals surface area contributed by atoms with E-state index in [1.54, 1.807) is 24.4 Å². The number of H-pyrrole nitrogens is 1. The first kappa shape index (κ1) is 22.8. The van der Waals surface area contributed by atoms with Gasteiger partial charge in [0.2, 0.25) is 0 Å². The summed E-state index contributed by atoms with van der Waals surface area (Å²) in [5.41, 5.74) is 1.65. The largest absolute Gasteiger partial charge is 0.412 e. The molecule has 1 aliphatic heterocycles. The molecule has 1 aromatic carbocycles. The fourth-order valence-electron chi connectivity index (χ4n) is 2.30.